The van der Waals surface area contributed by atoms with Gasteiger partial charge in [-0.15, -0.1) is 11.3 Å². The SMILES string of the molecule is CC1CCc2c(sc3nc(SCC(=O)N4CCC(C(=O)Nc5ccccc5)CC4)nc(N)c23)C1. The maximum absolute atomic E-state index is 12.8. The number of nitrogens with one attached hydrogen (secondary N) is 1. The maximum atomic E-state index is 12.8. The highest BCUT2D eigenvalue weighted by Crippen LogP contribution is 2.40. The van der Waals surface area contributed by atoms with Gasteiger partial charge in [0, 0.05) is 29.6 Å². The number of aromatic nitrogens is 2. The third kappa shape index (κ3) is 4.90. The minimum Gasteiger partial charge on any atom is -0.383 e. The molecule has 1 aromatic carbocycles. The summed E-state index contributed by atoms with van der Waals surface area (Å²) >= 11 is 3.06. The average Bonchev–Trinajstić information content (AvgIpc) is 3.21. The number of piperidine rings is 1. The molecule has 3 N–H and O–H groups in total. The third-order valence-corrected chi connectivity index (χ3v) is 8.73. The van der Waals surface area contributed by atoms with Crippen LogP contribution in [0.15, 0.2) is 35.5 Å². The number of aryl methyl sites for hydroxylation is 1. The number of thiophene rings is 1. The first-order valence-electron chi connectivity index (χ1n) is 11.8. The molecule has 9 heteroatoms. The van der Waals surface area contributed by atoms with Crippen molar-refractivity contribution in [1.29, 1.82) is 0 Å². The molecular formula is C25H29N5O2S2. The van der Waals surface area contributed by atoms with Crippen molar-refractivity contribution in [2.75, 3.05) is 29.9 Å². The molecule has 1 fully saturated rings. The molecule has 0 saturated carbocycles. The number of carbonyl (C=O) groups excluding carboxylic acids is 2. The first-order chi connectivity index (χ1) is 16.5. The van der Waals surface area contributed by atoms with E-state index in [-0.39, 0.29) is 23.5 Å². The Morgan fingerprint density at radius 3 is 2.71 bits per heavy atom. The van der Waals surface area contributed by atoms with Crippen LogP contribution >= 0.6 is 23.1 Å². The second-order valence-corrected chi connectivity index (χ2v) is 11.2. The van der Waals surface area contributed by atoms with Crippen molar-refractivity contribution in [3.05, 3.63) is 40.8 Å². The lowest BCUT2D eigenvalue weighted by molar-refractivity contribution is -0.132. The molecule has 1 aliphatic heterocycles. The van der Waals surface area contributed by atoms with E-state index >= 15 is 0 Å². The molecule has 178 valence electrons. The number of carbonyl (C=O) groups is 2. The Balaban J connectivity index is 1.15. The van der Waals surface area contributed by atoms with Crippen molar-refractivity contribution in [3.8, 4) is 0 Å². The van der Waals surface area contributed by atoms with Gasteiger partial charge in [-0.05, 0) is 55.7 Å². The number of nitrogens with two attached hydrogens (primary N) is 1. The van der Waals surface area contributed by atoms with Gasteiger partial charge in [-0.3, -0.25) is 9.59 Å². The number of nitrogen functional groups attached to an aromatic ring is 1. The molecule has 0 bridgehead atoms. The zero-order valence-corrected chi connectivity index (χ0v) is 20.9. The third-order valence-electron chi connectivity index (χ3n) is 6.75. The first kappa shape index (κ1) is 23.1. The highest BCUT2D eigenvalue weighted by molar-refractivity contribution is 7.99. The number of rotatable bonds is 5. The topological polar surface area (TPSA) is 101 Å². The zero-order chi connectivity index (χ0) is 23.7. The van der Waals surface area contributed by atoms with Crippen molar-refractivity contribution in [1.82, 2.24) is 14.9 Å². The number of nitrogens with zero attached hydrogens (tertiary/aromatic N) is 3. The van der Waals surface area contributed by atoms with Gasteiger partial charge in [-0.25, -0.2) is 9.97 Å². The second kappa shape index (κ2) is 9.92. The Labute approximate surface area is 207 Å². The molecule has 3 heterocycles. The summed E-state index contributed by atoms with van der Waals surface area (Å²) in [5.41, 5.74) is 8.44. The molecule has 3 aromatic rings. The fraction of sp³-hybridized carbons (Fsp3) is 0.440. The van der Waals surface area contributed by atoms with E-state index in [1.54, 1.807) is 11.3 Å². The van der Waals surface area contributed by atoms with E-state index in [0.717, 1.165) is 28.7 Å². The Kier molecular flexibility index (Phi) is 6.74. The van der Waals surface area contributed by atoms with Gasteiger partial charge in [0.1, 0.15) is 10.6 Å². The van der Waals surface area contributed by atoms with E-state index in [1.165, 1.54) is 28.6 Å². The van der Waals surface area contributed by atoms with Crippen LogP contribution in [-0.4, -0.2) is 45.5 Å². The Morgan fingerprint density at radius 2 is 1.94 bits per heavy atom. The van der Waals surface area contributed by atoms with E-state index in [9.17, 15) is 9.59 Å². The van der Waals surface area contributed by atoms with Crippen LogP contribution < -0.4 is 11.1 Å². The Bertz CT molecular complexity index is 1200. The summed E-state index contributed by atoms with van der Waals surface area (Å²) < 4.78 is 0. The molecule has 2 aliphatic rings. The molecule has 7 nitrogen and oxygen atoms in total. The van der Waals surface area contributed by atoms with Gasteiger partial charge in [-0.1, -0.05) is 36.9 Å². The molecule has 5 rings (SSSR count). The van der Waals surface area contributed by atoms with Gasteiger partial charge in [0.25, 0.3) is 0 Å². The van der Waals surface area contributed by atoms with Gasteiger partial charge in [0.2, 0.25) is 11.8 Å². The number of thioether (sulfide) groups is 1. The number of amides is 2. The van der Waals surface area contributed by atoms with Crippen LogP contribution in [0.1, 0.15) is 36.6 Å². The predicted octanol–water partition coefficient (Wildman–Crippen LogP) is 4.37. The molecule has 1 unspecified atom stereocenters. The number of hydrogen-bond donors (Lipinski definition) is 2. The van der Waals surface area contributed by atoms with Crippen LogP contribution in [0.3, 0.4) is 0 Å². The van der Waals surface area contributed by atoms with Crippen LogP contribution in [-0.2, 0) is 22.4 Å². The number of fused-ring (bicyclic) bond motifs is 3. The molecule has 1 saturated heterocycles. The highest BCUT2D eigenvalue weighted by atomic mass is 32.2. The predicted molar refractivity (Wildman–Crippen MR) is 138 cm³/mol. The number of anilines is 2. The van der Waals surface area contributed by atoms with Gasteiger partial charge in [0.05, 0.1) is 11.1 Å². The van der Waals surface area contributed by atoms with Gasteiger partial charge < -0.3 is 16.0 Å². The standard InChI is InChI=1S/C25H29N5O2S2/c1-15-7-8-18-19(13-15)34-24-21(18)22(26)28-25(29-24)33-14-20(31)30-11-9-16(10-12-30)23(32)27-17-5-3-2-4-6-17/h2-6,15-16H,7-14H2,1H3,(H,27,32)(H2,26,28,29). The van der Waals surface area contributed by atoms with Crippen LogP contribution in [0.25, 0.3) is 10.2 Å². The lowest BCUT2D eigenvalue weighted by atomic mass is 9.89. The number of para-hydroxylation sites is 1. The number of benzene rings is 1. The van der Waals surface area contributed by atoms with E-state index in [2.05, 4.69) is 17.2 Å². The van der Waals surface area contributed by atoms with E-state index in [0.29, 0.717) is 42.8 Å². The summed E-state index contributed by atoms with van der Waals surface area (Å²) in [5, 5.41) is 4.54. The lowest BCUT2D eigenvalue weighted by Gasteiger charge is -2.31. The molecule has 1 aliphatic carbocycles. The van der Waals surface area contributed by atoms with Crippen molar-refractivity contribution < 1.29 is 9.59 Å². The molecule has 0 spiro atoms. The smallest absolute Gasteiger partial charge is 0.233 e. The van der Waals surface area contributed by atoms with Crippen molar-refractivity contribution in [2.24, 2.45) is 11.8 Å². The molecule has 0 radical (unpaired) electrons. The minimum absolute atomic E-state index is 0.0258. The lowest BCUT2D eigenvalue weighted by Crippen LogP contribution is -2.42. The van der Waals surface area contributed by atoms with Crippen molar-refractivity contribution in [3.63, 3.8) is 0 Å². The Morgan fingerprint density at radius 1 is 1.18 bits per heavy atom. The zero-order valence-electron chi connectivity index (χ0n) is 19.3. The summed E-state index contributed by atoms with van der Waals surface area (Å²) in [6.45, 7) is 3.46. The highest BCUT2D eigenvalue weighted by Gasteiger charge is 2.28. The molecule has 2 amide bonds. The van der Waals surface area contributed by atoms with E-state index < -0.39 is 0 Å². The molecule has 2 aromatic heterocycles. The van der Waals surface area contributed by atoms with Crippen LogP contribution in [0.5, 0.6) is 0 Å². The molecular weight excluding hydrogens is 466 g/mol. The quantitative estimate of drug-likeness (QED) is 0.403. The monoisotopic (exact) mass is 495 g/mol. The minimum atomic E-state index is -0.0740. The largest absolute Gasteiger partial charge is 0.383 e. The second-order valence-electron chi connectivity index (χ2n) is 9.22. The summed E-state index contributed by atoms with van der Waals surface area (Å²) in [4.78, 5) is 38.7. The van der Waals surface area contributed by atoms with Gasteiger partial charge >= 0.3 is 0 Å². The maximum Gasteiger partial charge on any atom is 0.233 e. The molecule has 34 heavy (non-hydrogen) atoms. The van der Waals surface area contributed by atoms with Crippen LogP contribution in [0.2, 0.25) is 0 Å². The van der Waals surface area contributed by atoms with E-state index in [4.69, 9.17) is 10.7 Å². The van der Waals surface area contributed by atoms with Gasteiger partial charge in [-0.2, -0.15) is 0 Å². The average molecular weight is 496 g/mol. The summed E-state index contributed by atoms with van der Waals surface area (Å²) in [6.07, 6.45) is 4.63. The summed E-state index contributed by atoms with van der Waals surface area (Å²) in [7, 11) is 0. The fourth-order valence-corrected chi connectivity index (χ4v) is 6.99. The number of likely N-dealkylation sites (tertiary alicyclic amines) is 1. The van der Waals surface area contributed by atoms with E-state index in [1.807, 2.05) is 35.2 Å². The van der Waals surface area contributed by atoms with Crippen LogP contribution in [0, 0.1) is 11.8 Å². The normalized spacial score (nSPS) is 18.6. The van der Waals surface area contributed by atoms with Crippen molar-refractivity contribution in [2.45, 2.75) is 44.2 Å². The fourth-order valence-electron chi connectivity index (χ4n) is 4.79. The van der Waals surface area contributed by atoms with Crippen LogP contribution in [0.4, 0.5) is 11.5 Å². The number of hydrogen-bond acceptors (Lipinski definition) is 7. The molecule has 1 atom stereocenters. The van der Waals surface area contributed by atoms with Gasteiger partial charge in [0.15, 0.2) is 5.16 Å². The summed E-state index contributed by atoms with van der Waals surface area (Å²) in [5.74, 6) is 1.49. The van der Waals surface area contributed by atoms with Crippen molar-refractivity contribution >= 4 is 56.6 Å². The summed E-state index contributed by atoms with van der Waals surface area (Å²) in [6, 6.07) is 9.48. The first-order valence-corrected chi connectivity index (χ1v) is 13.6. The Hall–Kier alpha value is -2.65.